The number of carbonyl (C=O) groups excluding carboxylic acids is 1. The van der Waals surface area contributed by atoms with Crippen LogP contribution in [-0.2, 0) is 14.8 Å². The second kappa shape index (κ2) is 8.87. The minimum absolute atomic E-state index is 0.0443. The standard InChI is InChI=1S/C26H31FN2O4S/c1-2-33-23-7-9-24(10-8-23)34(31,32)29(22-5-3-21(27)4-6-22)17-25(30)28-26-14-18-11-19(15-26)13-20(12-18)16-26/h3-10,18-20H,2,11-17H2,1H3,(H,28,30). The van der Waals surface area contributed by atoms with Crippen molar-refractivity contribution < 1.29 is 22.3 Å². The summed E-state index contributed by atoms with van der Waals surface area (Å²) in [6, 6.07) is 11.3. The summed E-state index contributed by atoms with van der Waals surface area (Å²) >= 11 is 0. The van der Waals surface area contributed by atoms with E-state index >= 15 is 0 Å². The lowest BCUT2D eigenvalue weighted by molar-refractivity contribution is -0.125. The van der Waals surface area contributed by atoms with Crippen molar-refractivity contribution in [3.63, 3.8) is 0 Å². The fourth-order valence-corrected chi connectivity index (χ4v) is 8.07. The first-order chi connectivity index (χ1) is 16.3. The topological polar surface area (TPSA) is 75.7 Å². The van der Waals surface area contributed by atoms with Gasteiger partial charge < -0.3 is 10.1 Å². The maximum Gasteiger partial charge on any atom is 0.264 e. The molecule has 0 aromatic heterocycles. The highest BCUT2D eigenvalue weighted by atomic mass is 32.2. The van der Waals surface area contributed by atoms with Crippen LogP contribution in [0.3, 0.4) is 0 Å². The number of nitrogens with one attached hydrogen (secondary N) is 1. The van der Waals surface area contributed by atoms with Crippen LogP contribution in [0.1, 0.15) is 45.4 Å². The molecule has 4 fully saturated rings. The minimum atomic E-state index is -4.07. The quantitative estimate of drug-likeness (QED) is 0.596. The molecule has 0 radical (unpaired) electrons. The van der Waals surface area contributed by atoms with Crippen LogP contribution in [0.4, 0.5) is 10.1 Å². The number of amides is 1. The molecule has 4 aliphatic rings. The second-order valence-corrected chi connectivity index (χ2v) is 12.0. The molecule has 0 saturated heterocycles. The van der Waals surface area contributed by atoms with Crippen molar-refractivity contribution in [1.82, 2.24) is 5.32 Å². The highest BCUT2D eigenvalue weighted by Crippen LogP contribution is 2.55. The Bertz CT molecular complexity index is 1110. The minimum Gasteiger partial charge on any atom is -0.494 e. The van der Waals surface area contributed by atoms with Gasteiger partial charge in [-0.05, 0) is 112 Å². The molecular formula is C26H31FN2O4S. The van der Waals surface area contributed by atoms with Gasteiger partial charge in [0.1, 0.15) is 18.1 Å². The van der Waals surface area contributed by atoms with Crippen LogP contribution in [0.25, 0.3) is 0 Å². The van der Waals surface area contributed by atoms with E-state index in [4.69, 9.17) is 4.74 Å². The Morgan fingerprint density at radius 3 is 2.09 bits per heavy atom. The number of hydrogen-bond acceptors (Lipinski definition) is 4. The van der Waals surface area contributed by atoms with Crippen LogP contribution < -0.4 is 14.4 Å². The summed E-state index contributed by atoms with van der Waals surface area (Å²) in [4.78, 5) is 13.3. The lowest BCUT2D eigenvalue weighted by atomic mass is 9.53. The molecule has 6 nitrogen and oxygen atoms in total. The number of rotatable bonds is 8. The number of sulfonamides is 1. The second-order valence-electron chi connectivity index (χ2n) is 10.1. The number of anilines is 1. The van der Waals surface area contributed by atoms with E-state index in [-0.39, 0.29) is 28.6 Å². The van der Waals surface area contributed by atoms with E-state index in [9.17, 15) is 17.6 Å². The van der Waals surface area contributed by atoms with Crippen LogP contribution >= 0.6 is 0 Å². The summed E-state index contributed by atoms with van der Waals surface area (Å²) < 4.78 is 47.3. The van der Waals surface area contributed by atoms with Crippen LogP contribution in [0, 0.1) is 23.6 Å². The molecule has 0 spiro atoms. The normalized spacial score (nSPS) is 27.4. The lowest BCUT2D eigenvalue weighted by Crippen LogP contribution is -2.61. The van der Waals surface area contributed by atoms with Gasteiger partial charge in [0.05, 0.1) is 17.2 Å². The Morgan fingerprint density at radius 1 is 1.00 bits per heavy atom. The fraction of sp³-hybridized carbons (Fsp3) is 0.500. The van der Waals surface area contributed by atoms with E-state index < -0.39 is 15.8 Å². The van der Waals surface area contributed by atoms with Gasteiger partial charge >= 0.3 is 0 Å². The van der Waals surface area contributed by atoms with Crippen LogP contribution in [-0.4, -0.2) is 33.0 Å². The number of nitrogens with zero attached hydrogens (tertiary/aromatic N) is 1. The third kappa shape index (κ3) is 4.52. The summed E-state index contributed by atoms with van der Waals surface area (Å²) in [5.74, 6) is 1.75. The van der Waals surface area contributed by atoms with Crippen LogP contribution in [0.5, 0.6) is 5.75 Å². The fourth-order valence-electron chi connectivity index (χ4n) is 6.65. The van der Waals surface area contributed by atoms with Gasteiger partial charge in [-0.3, -0.25) is 9.10 Å². The highest BCUT2D eigenvalue weighted by Gasteiger charge is 2.51. The molecule has 0 heterocycles. The Hall–Kier alpha value is -2.61. The van der Waals surface area contributed by atoms with Gasteiger partial charge in [-0.25, -0.2) is 12.8 Å². The number of ether oxygens (including phenoxy) is 1. The molecule has 2 aromatic carbocycles. The van der Waals surface area contributed by atoms with Crippen molar-refractivity contribution in [3.05, 3.63) is 54.3 Å². The number of benzene rings is 2. The van der Waals surface area contributed by atoms with Gasteiger partial charge in [0.25, 0.3) is 10.0 Å². The predicted octanol–water partition coefficient (Wildman–Crippen LogP) is 4.50. The molecule has 6 rings (SSSR count). The Kier molecular flexibility index (Phi) is 6.04. The average Bonchev–Trinajstić information content (AvgIpc) is 2.77. The molecule has 1 N–H and O–H groups in total. The van der Waals surface area contributed by atoms with Gasteiger partial charge in [0, 0.05) is 5.54 Å². The molecule has 4 aliphatic carbocycles. The van der Waals surface area contributed by atoms with E-state index in [1.807, 2.05) is 6.92 Å². The molecule has 0 atom stereocenters. The monoisotopic (exact) mass is 486 g/mol. The number of carbonyl (C=O) groups is 1. The molecule has 4 bridgehead atoms. The Labute approximate surface area is 200 Å². The van der Waals surface area contributed by atoms with Crippen LogP contribution in [0.15, 0.2) is 53.4 Å². The van der Waals surface area contributed by atoms with Gasteiger partial charge in [-0.2, -0.15) is 0 Å². The molecule has 2 aromatic rings. The first-order valence-electron chi connectivity index (χ1n) is 12.1. The van der Waals surface area contributed by atoms with Crippen LogP contribution in [0.2, 0.25) is 0 Å². The summed E-state index contributed by atoms with van der Waals surface area (Å²) in [6.45, 7) is 1.96. The van der Waals surface area contributed by atoms with Crippen molar-refractivity contribution in [2.24, 2.45) is 17.8 Å². The Balaban J connectivity index is 1.40. The van der Waals surface area contributed by atoms with Gasteiger partial charge in [0.15, 0.2) is 0 Å². The maximum absolute atomic E-state index is 13.6. The molecule has 1 amide bonds. The van der Waals surface area contributed by atoms with E-state index in [0.717, 1.165) is 23.6 Å². The molecular weight excluding hydrogens is 455 g/mol. The zero-order chi connectivity index (χ0) is 23.9. The zero-order valence-corrected chi connectivity index (χ0v) is 20.2. The van der Waals surface area contributed by atoms with Crippen molar-refractivity contribution in [1.29, 1.82) is 0 Å². The summed E-state index contributed by atoms with van der Waals surface area (Å²) in [5.41, 5.74) is 0.0272. The molecule has 182 valence electrons. The first-order valence-corrected chi connectivity index (χ1v) is 13.5. The molecule has 0 unspecified atom stereocenters. The first kappa shape index (κ1) is 23.1. The van der Waals surface area contributed by atoms with E-state index in [1.165, 1.54) is 55.7 Å². The smallest absolute Gasteiger partial charge is 0.264 e. The predicted molar refractivity (Wildman–Crippen MR) is 128 cm³/mol. The molecule has 0 aliphatic heterocycles. The summed E-state index contributed by atoms with van der Waals surface area (Å²) in [5, 5.41) is 3.25. The number of hydrogen-bond donors (Lipinski definition) is 1. The molecule has 8 heteroatoms. The van der Waals surface area contributed by atoms with Crippen molar-refractivity contribution in [3.8, 4) is 5.75 Å². The summed E-state index contributed by atoms with van der Waals surface area (Å²) in [6.07, 6.45) is 6.70. The molecule has 34 heavy (non-hydrogen) atoms. The summed E-state index contributed by atoms with van der Waals surface area (Å²) in [7, 11) is -4.07. The SMILES string of the molecule is CCOc1ccc(S(=O)(=O)N(CC(=O)NC23CC4CC(CC(C4)C2)C3)c2ccc(F)cc2)cc1. The number of halogens is 1. The largest absolute Gasteiger partial charge is 0.494 e. The van der Waals surface area contributed by atoms with Crippen molar-refractivity contribution in [2.45, 2.75) is 55.9 Å². The van der Waals surface area contributed by atoms with Crippen molar-refractivity contribution >= 4 is 21.6 Å². The van der Waals surface area contributed by atoms with E-state index in [0.29, 0.717) is 30.1 Å². The Morgan fingerprint density at radius 2 is 1.56 bits per heavy atom. The zero-order valence-electron chi connectivity index (χ0n) is 19.4. The third-order valence-corrected chi connectivity index (χ3v) is 9.36. The lowest BCUT2D eigenvalue weighted by Gasteiger charge is -2.57. The van der Waals surface area contributed by atoms with Gasteiger partial charge in [0.2, 0.25) is 5.91 Å². The third-order valence-electron chi connectivity index (χ3n) is 7.57. The highest BCUT2D eigenvalue weighted by molar-refractivity contribution is 7.92. The maximum atomic E-state index is 13.6. The van der Waals surface area contributed by atoms with Crippen molar-refractivity contribution in [2.75, 3.05) is 17.5 Å². The van der Waals surface area contributed by atoms with E-state index in [2.05, 4.69) is 5.32 Å². The van der Waals surface area contributed by atoms with E-state index in [1.54, 1.807) is 12.1 Å². The van der Waals surface area contributed by atoms with Gasteiger partial charge in [-0.15, -0.1) is 0 Å². The average molecular weight is 487 g/mol. The molecule has 4 saturated carbocycles. The van der Waals surface area contributed by atoms with Gasteiger partial charge in [-0.1, -0.05) is 0 Å².